The highest BCUT2D eigenvalue weighted by atomic mass is 31.2. The van der Waals surface area contributed by atoms with Crippen LogP contribution in [0, 0.1) is 0 Å². The number of phosphoric acid groups is 1. The highest BCUT2D eigenvalue weighted by molar-refractivity contribution is 7.45. The number of hydrogen-bond donors (Lipinski definition) is 1. The molecule has 0 aliphatic heterocycles. The van der Waals surface area contributed by atoms with Gasteiger partial charge in [-0.15, -0.1) is 0 Å². The molecule has 3 atom stereocenters. The minimum absolute atomic E-state index is 0.0219. The number of phosphoric ester groups is 1. The fraction of sp³-hybridized carbons (Fsp3) is 0.886. The maximum Gasteiger partial charge on any atom is 0.306 e. The number of likely N-dealkylation sites (N-methyl/N-ethyl adjacent to an activating group) is 1. The summed E-state index contributed by atoms with van der Waals surface area (Å²) in [5.74, 6) is -0.543. The molecule has 9 nitrogen and oxygen atoms in total. The van der Waals surface area contributed by atoms with Gasteiger partial charge >= 0.3 is 5.97 Å². The van der Waals surface area contributed by atoms with Gasteiger partial charge in [0.25, 0.3) is 7.82 Å². The molecule has 0 aliphatic carbocycles. The Morgan fingerprint density at radius 2 is 0.725 bits per heavy atom. The SMILES string of the molecule is CCCCCCCC/C=C/CCCCCCCCCCCCCCCCCCCC(=O)NC(COP(=O)([O-])OCC[N+](C)(C)C)C(/C=C\CCCCCCCCCCCCC)OC(=O)CCCCC/C=C\CCCCCCCCC. The summed E-state index contributed by atoms with van der Waals surface area (Å²) in [7, 11) is 1.19. The van der Waals surface area contributed by atoms with Crippen molar-refractivity contribution in [3.63, 3.8) is 0 Å². The molecule has 0 radical (unpaired) electrons. The van der Waals surface area contributed by atoms with Crippen molar-refractivity contribution in [3.8, 4) is 0 Å². The Kier molecular flexibility index (Phi) is 59.0. The number of esters is 1. The van der Waals surface area contributed by atoms with Crippen molar-refractivity contribution in [2.45, 2.75) is 360 Å². The van der Waals surface area contributed by atoms with Crippen LogP contribution in [-0.2, 0) is 27.9 Å². The fourth-order valence-corrected chi connectivity index (χ4v) is 11.1. The molecule has 0 aromatic rings. The first-order chi connectivity index (χ1) is 38.9. The number of carbonyl (C=O) groups is 2. The summed E-state index contributed by atoms with van der Waals surface area (Å²) in [6, 6.07) is -0.891. The molecule has 472 valence electrons. The largest absolute Gasteiger partial charge is 0.756 e. The molecular formula is C70H135N2O7P. The van der Waals surface area contributed by atoms with E-state index in [0.29, 0.717) is 23.9 Å². The van der Waals surface area contributed by atoms with Crippen LogP contribution in [0.5, 0.6) is 0 Å². The molecule has 0 spiro atoms. The fourth-order valence-electron chi connectivity index (χ4n) is 10.4. The number of quaternary nitrogens is 1. The van der Waals surface area contributed by atoms with E-state index < -0.39 is 20.0 Å². The van der Waals surface area contributed by atoms with Gasteiger partial charge < -0.3 is 28.5 Å². The van der Waals surface area contributed by atoms with Gasteiger partial charge in [0, 0.05) is 12.8 Å². The van der Waals surface area contributed by atoms with Gasteiger partial charge in [-0.05, 0) is 83.1 Å². The van der Waals surface area contributed by atoms with Crippen molar-refractivity contribution in [3.05, 3.63) is 36.5 Å². The molecule has 0 heterocycles. The van der Waals surface area contributed by atoms with Crippen LogP contribution >= 0.6 is 7.82 Å². The molecule has 80 heavy (non-hydrogen) atoms. The Morgan fingerprint density at radius 1 is 0.425 bits per heavy atom. The van der Waals surface area contributed by atoms with E-state index in [1.165, 1.54) is 244 Å². The number of allylic oxidation sites excluding steroid dienone is 5. The minimum Gasteiger partial charge on any atom is -0.756 e. The number of ether oxygens (including phenoxy) is 1. The highest BCUT2D eigenvalue weighted by Gasteiger charge is 2.27. The van der Waals surface area contributed by atoms with Crippen LogP contribution in [0.25, 0.3) is 0 Å². The maximum absolute atomic E-state index is 13.6. The number of carbonyl (C=O) groups excluding carboxylic acids is 2. The molecule has 0 saturated carbocycles. The van der Waals surface area contributed by atoms with Crippen LogP contribution in [-0.4, -0.2) is 69.4 Å². The van der Waals surface area contributed by atoms with Crippen molar-refractivity contribution in [2.75, 3.05) is 40.9 Å². The van der Waals surface area contributed by atoms with Gasteiger partial charge in [-0.2, -0.15) is 0 Å². The monoisotopic (exact) mass is 1150 g/mol. The van der Waals surface area contributed by atoms with Gasteiger partial charge in [0.05, 0.1) is 33.8 Å². The van der Waals surface area contributed by atoms with Crippen LogP contribution in [0.3, 0.4) is 0 Å². The standard InChI is InChI=1S/C70H135N2O7P/c1-7-10-13-16-19-22-25-28-30-31-32-33-34-35-36-37-38-39-40-41-42-44-47-50-53-56-59-62-69(73)71-67(66-78-80(75,76)77-65-64-72(4,5)6)68(61-58-55-52-49-46-43-27-24-21-18-15-12-9-3)79-70(74)63-60-57-54-51-48-45-29-26-23-20-17-14-11-8-2/h28,30,45,48,58,61,67-68H,7-27,29,31-44,46-47,49-57,59-60,62-66H2,1-6H3,(H-,71,73,75,76)/b30-28+,48-45-,61-58-. The molecule has 0 bridgehead atoms. The summed E-state index contributed by atoms with van der Waals surface area (Å²) in [6.45, 7) is 6.87. The first kappa shape index (κ1) is 78.2. The van der Waals surface area contributed by atoms with Crippen molar-refractivity contribution in [1.82, 2.24) is 5.32 Å². The van der Waals surface area contributed by atoms with E-state index in [1.807, 2.05) is 33.3 Å². The second-order valence-corrected chi connectivity index (χ2v) is 26.4. The normalized spacial score (nSPS) is 13.7. The first-order valence-electron chi connectivity index (χ1n) is 34.8. The molecule has 0 aliphatic rings. The number of nitrogens with zero attached hydrogens (tertiary/aromatic N) is 1. The second-order valence-electron chi connectivity index (χ2n) is 25.0. The summed E-state index contributed by atoms with van der Waals surface area (Å²) in [4.78, 5) is 40.1. The van der Waals surface area contributed by atoms with E-state index in [4.69, 9.17) is 13.8 Å². The van der Waals surface area contributed by atoms with E-state index >= 15 is 0 Å². The Morgan fingerprint density at radius 3 is 1.07 bits per heavy atom. The lowest BCUT2D eigenvalue weighted by atomic mass is 10.0. The van der Waals surface area contributed by atoms with Gasteiger partial charge in [0.15, 0.2) is 0 Å². The van der Waals surface area contributed by atoms with Crippen LogP contribution in [0.1, 0.15) is 348 Å². The van der Waals surface area contributed by atoms with Crippen molar-refractivity contribution in [1.29, 1.82) is 0 Å². The predicted octanol–water partition coefficient (Wildman–Crippen LogP) is 21.2. The van der Waals surface area contributed by atoms with Gasteiger partial charge in [0.2, 0.25) is 5.91 Å². The molecule has 0 rings (SSSR count). The van der Waals surface area contributed by atoms with Crippen molar-refractivity contribution in [2.24, 2.45) is 0 Å². The smallest absolute Gasteiger partial charge is 0.306 e. The molecular weight excluding hydrogens is 1010 g/mol. The van der Waals surface area contributed by atoms with Crippen LogP contribution in [0.15, 0.2) is 36.5 Å². The number of hydrogen-bond acceptors (Lipinski definition) is 7. The van der Waals surface area contributed by atoms with Gasteiger partial charge in [-0.1, -0.05) is 289 Å². The molecule has 3 unspecified atom stereocenters. The van der Waals surface area contributed by atoms with Crippen LogP contribution in [0.2, 0.25) is 0 Å². The van der Waals surface area contributed by atoms with E-state index in [9.17, 15) is 19.0 Å². The Bertz CT molecular complexity index is 1460. The topological polar surface area (TPSA) is 114 Å². The molecule has 10 heteroatoms. The summed E-state index contributed by atoms with van der Waals surface area (Å²) in [5.41, 5.74) is 0. The summed E-state index contributed by atoms with van der Waals surface area (Å²) >= 11 is 0. The Balaban J connectivity index is 5.00. The average molecular weight is 1150 g/mol. The number of amides is 1. The summed E-state index contributed by atoms with van der Waals surface area (Å²) in [6.07, 6.45) is 74.2. The number of nitrogens with one attached hydrogen (secondary N) is 1. The van der Waals surface area contributed by atoms with Crippen LogP contribution in [0.4, 0.5) is 0 Å². The third kappa shape index (κ3) is 60.8. The zero-order valence-electron chi connectivity index (χ0n) is 54.1. The molecule has 1 N–H and O–H groups in total. The summed E-state index contributed by atoms with van der Waals surface area (Å²) < 4.78 is 30.4. The van der Waals surface area contributed by atoms with Gasteiger partial charge in [-0.25, -0.2) is 0 Å². The quantitative estimate of drug-likeness (QED) is 0.0212. The average Bonchev–Trinajstić information content (AvgIpc) is 3.42. The molecule has 0 aromatic carbocycles. The summed E-state index contributed by atoms with van der Waals surface area (Å²) in [5, 5.41) is 3.04. The first-order valence-corrected chi connectivity index (χ1v) is 36.3. The van der Waals surface area contributed by atoms with Crippen molar-refractivity contribution < 1.29 is 37.3 Å². The lowest BCUT2D eigenvalue weighted by molar-refractivity contribution is -0.870. The van der Waals surface area contributed by atoms with Crippen molar-refractivity contribution >= 4 is 19.7 Å². The third-order valence-electron chi connectivity index (χ3n) is 15.8. The zero-order valence-corrected chi connectivity index (χ0v) is 54.9. The highest BCUT2D eigenvalue weighted by Crippen LogP contribution is 2.38. The van der Waals surface area contributed by atoms with Gasteiger partial charge in [0.1, 0.15) is 19.3 Å². The predicted molar refractivity (Wildman–Crippen MR) is 344 cm³/mol. The van der Waals surface area contributed by atoms with E-state index in [2.05, 4.69) is 50.4 Å². The Labute approximate surface area is 497 Å². The molecule has 0 aromatic heterocycles. The number of unbranched alkanes of at least 4 members (excludes halogenated alkanes) is 44. The third-order valence-corrected chi connectivity index (χ3v) is 16.8. The van der Waals surface area contributed by atoms with E-state index in [1.54, 1.807) is 0 Å². The molecule has 0 fully saturated rings. The van der Waals surface area contributed by atoms with E-state index in [0.717, 1.165) is 64.2 Å². The number of rotatable bonds is 64. The van der Waals surface area contributed by atoms with Crippen LogP contribution < -0.4 is 10.2 Å². The maximum atomic E-state index is 13.6. The van der Waals surface area contributed by atoms with E-state index in [-0.39, 0.29) is 31.5 Å². The molecule has 0 saturated heterocycles. The minimum atomic E-state index is -4.70. The lowest BCUT2D eigenvalue weighted by Crippen LogP contribution is -2.47. The second kappa shape index (κ2) is 60.4. The Hall–Kier alpha value is -1.77. The lowest BCUT2D eigenvalue weighted by Gasteiger charge is -2.30. The van der Waals surface area contributed by atoms with Gasteiger partial charge in [-0.3, -0.25) is 14.2 Å². The molecule has 1 amide bonds. The zero-order chi connectivity index (χ0) is 58.6.